The van der Waals surface area contributed by atoms with Crippen LogP contribution >= 0.6 is 11.6 Å². The number of nitrogens with one attached hydrogen (secondary N) is 1. The molecule has 0 atom stereocenters. The average Bonchev–Trinajstić information content (AvgIpc) is 3.10. The number of carbonyl (C=O) groups is 2. The van der Waals surface area contributed by atoms with Crippen molar-refractivity contribution in [2.24, 2.45) is 0 Å². The lowest BCUT2D eigenvalue weighted by molar-refractivity contribution is -0.115. The number of aryl methyl sites for hydroxylation is 1. The molecule has 6 heteroatoms. The molecule has 0 aliphatic heterocycles. The van der Waals surface area contributed by atoms with Gasteiger partial charge in [-0.1, -0.05) is 43.6 Å². The molecule has 0 saturated carbocycles. The van der Waals surface area contributed by atoms with Crippen LogP contribution in [0, 0.1) is 13.8 Å². The molecule has 0 fully saturated rings. The lowest BCUT2D eigenvalue weighted by Crippen LogP contribution is -2.18. The van der Waals surface area contributed by atoms with Gasteiger partial charge in [0.1, 0.15) is 5.75 Å². The zero-order valence-electron chi connectivity index (χ0n) is 20.6. The summed E-state index contributed by atoms with van der Waals surface area (Å²) >= 11 is 6.02. The van der Waals surface area contributed by atoms with Gasteiger partial charge in [-0.15, -0.1) is 0 Å². The summed E-state index contributed by atoms with van der Waals surface area (Å²) in [7, 11) is 1.60. The van der Waals surface area contributed by atoms with Gasteiger partial charge in [0.05, 0.1) is 19.0 Å². The van der Waals surface area contributed by atoms with Crippen LogP contribution in [0.25, 0.3) is 10.9 Å². The smallest absolute Gasteiger partial charge is 0.262 e. The Kier molecular flexibility index (Phi) is 6.99. The van der Waals surface area contributed by atoms with Crippen LogP contribution in [0.4, 0.5) is 5.69 Å². The van der Waals surface area contributed by atoms with Crippen LogP contribution in [0.15, 0.2) is 60.7 Å². The highest BCUT2D eigenvalue weighted by Crippen LogP contribution is 2.32. The Morgan fingerprint density at radius 1 is 1.03 bits per heavy atom. The third-order valence-corrected chi connectivity index (χ3v) is 6.62. The Balaban J connectivity index is 1.76. The second-order valence-corrected chi connectivity index (χ2v) is 9.45. The van der Waals surface area contributed by atoms with Crippen molar-refractivity contribution in [2.45, 2.75) is 40.0 Å². The van der Waals surface area contributed by atoms with E-state index >= 15 is 0 Å². The number of methoxy groups -OCH3 is 1. The zero-order chi connectivity index (χ0) is 25.3. The number of fused-ring (bicyclic) bond motifs is 1. The zero-order valence-corrected chi connectivity index (χ0v) is 21.4. The molecule has 3 aromatic carbocycles. The predicted octanol–water partition coefficient (Wildman–Crippen LogP) is 6.91. The molecule has 0 radical (unpaired) electrons. The van der Waals surface area contributed by atoms with Crippen molar-refractivity contribution >= 4 is 40.0 Å². The quantitative estimate of drug-likeness (QED) is 0.320. The number of halogens is 1. The van der Waals surface area contributed by atoms with Gasteiger partial charge in [-0.2, -0.15) is 0 Å². The minimum atomic E-state index is -0.179. The molecule has 0 unspecified atom stereocenters. The fourth-order valence-electron chi connectivity index (χ4n) is 4.48. The maximum absolute atomic E-state index is 13.5. The van der Waals surface area contributed by atoms with E-state index in [0.717, 1.165) is 39.0 Å². The summed E-state index contributed by atoms with van der Waals surface area (Å²) in [6, 6.07) is 18.4. The van der Waals surface area contributed by atoms with Crippen molar-refractivity contribution in [3.8, 4) is 5.75 Å². The monoisotopic (exact) mass is 488 g/mol. The number of nitrogens with zero attached hydrogens (tertiary/aromatic N) is 1. The van der Waals surface area contributed by atoms with Gasteiger partial charge < -0.3 is 10.1 Å². The minimum absolute atomic E-state index is 0.127. The van der Waals surface area contributed by atoms with Crippen LogP contribution < -0.4 is 10.1 Å². The molecule has 0 saturated heterocycles. The fraction of sp³-hybridized carbons (Fsp3) is 0.241. The molecule has 0 bridgehead atoms. The Labute approximate surface area is 210 Å². The summed E-state index contributed by atoms with van der Waals surface area (Å²) in [5.41, 5.74) is 5.72. The molecule has 0 spiro atoms. The first-order chi connectivity index (χ1) is 16.7. The number of para-hydroxylation sites is 1. The summed E-state index contributed by atoms with van der Waals surface area (Å²) < 4.78 is 7.09. The van der Waals surface area contributed by atoms with Crippen LogP contribution in [0.3, 0.4) is 0 Å². The third-order valence-electron chi connectivity index (χ3n) is 6.36. The number of anilines is 1. The van der Waals surface area contributed by atoms with Gasteiger partial charge in [0.15, 0.2) is 0 Å². The topological polar surface area (TPSA) is 60.3 Å². The Hall–Kier alpha value is -3.57. The van der Waals surface area contributed by atoms with Gasteiger partial charge in [-0.05, 0) is 78.9 Å². The van der Waals surface area contributed by atoms with Gasteiger partial charge in [0.25, 0.3) is 5.91 Å². The lowest BCUT2D eigenvalue weighted by atomic mass is 9.98. The van der Waals surface area contributed by atoms with E-state index < -0.39 is 0 Å². The largest absolute Gasteiger partial charge is 0.497 e. The van der Waals surface area contributed by atoms with Crippen LogP contribution in [0.1, 0.15) is 52.5 Å². The molecule has 1 amide bonds. The Bertz CT molecular complexity index is 1420. The van der Waals surface area contributed by atoms with E-state index in [9.17, 15) is 9.59 Å². The summed E-state index contributed by atoms with van der Waals surface area (Å²) in [6.07, 6.45) is 0.127. The molecule has 5 nitrogen and oxygen atoms in total. The van der Waals surface area contributed by atoms with Crippen molar-refractivity contribution in [1.82, 2.24) is 4.57 Å². The Morgan fingerprint density at radius 2 is 1.74 bits per heavy atom. The van der Waals surface area contributed by atoms with E-state index in [2.05, 4.69) is 19.2 Å². The van der Waals surface area contributed by atoms with Crippen molar-refractivity contribution < 1.29 is 14.3 Å². The first-order valence-electron chi connectivity index (χ1n) is 11.6. The number of ether oxygens (including phenoxy) is 1. The summed E-state index contributed by atoms with van der Waals surface area (Å²) in [5, 5.41) is 4.50. The summed E-state index contributed by atoms with van der Waals surface area (Å²) in [6.45, 7) is 8.08. The highest BCUT2D eigenvalue weighted by Gasteiger charge is 2.23. The summed E-state index contributed by atoms with van der Waals surface area (Å²) in [4.78, 5) is 26.8. The molecule has 35 heavy (non-hydrogen) atoms. The van der Waals surface area contributed by atoms with Crippen LogP contribution in [0.5, 0.6) is 5.75 Å². The molecule has 4 aromatic rings. The molecule has 1 N–H and O–H groups in total. The molecular formula is C29H29ClN2O3. The van der Waals surface area contributed by atoms with Crippen molar-refractivity contribution in [1.29, 1.82) is 0 Å². The highest BCUT2D eigenvalue weighted by molar-refractivity contribution is 6.30. The average molecular weight is 489 g/mol. The van der Waals surface area contributed by atoms with Crippen LogP contribution in [0.2, 0.25) is 5.02 Å². The molecule has 180 valence electrons. The molecule has 1 heterocycles. The van der Waals surface area contributed by atoms with Gasteiger partial charge in [-0.3, -0.25) is 14.2 Å². The van der Waals surface area contributed by atoms with Gasteiger partial charge >= 0.3 is 0 Å². The highest BCUT2D eigenvalue weighted by atomic mass is 35.5. The first kappa shape index (κ1) is 24.6. The van der Waals surface area contributed by atoms with E-state index in [1.54, 1.807) is 35.9 Å². The molecule has 0 aliphatic rings. The number of hydrogen-bond donors (Lipinski definition) is 1. The second kappa shape index (κ2) is 9.96. The van der Waals surface area contributed by atoms with E-state index in [-0.39, 0.29) is 24.2 Å². The van der Waals surface area contributed by atoms with E-state index in [1.165, 1.54) is 0 Å². The third kappa shape index (κ3) is 4.82. The SMILES string of the molecule is COc1ccc2c(c1)c(CC(=O)Nc1c(C)cccc1C(C)C)c(C)n2C(=O)c1ccc(Cl)cc1. The fourth-order valence-corrected chi connectivity index (χ4v) is 4.61. The standard InChI is InChI=1S/C29H29ClN2O3/c1-17(2)23-8-6-7-18(3)28(23)31-27(33)16-24-19(4)32(26-14-13-22(35-5)15-25(24)26)29(34)20-9-11-21(30)12-10-20/h6-15,17H,16H2,1-5H3,(H,31,33). The van der Waals surface area contributed by atoms with Crippen molar-refractivity contribution in [3.63, 3.8) is 0 Å². The first-order valence-corrected chi connectivity index (χ1v) is 12.0. The second-order valence-electron chi connectivity index (χ2n) is 9.01. The number of amides is 1. The molecule has 1 aromatic heterocycles. The molecule has 4 rings (SSSR count). The van der Waals surface area contributed by atoms with Crippen molar-refractivity contribution in [2.75, 3.05) is 12.4 Å². The van der Waals surface area contributed by atoms with E-state index in [0.29, 0.717) is 16.3 Å². The Morgan fingerprint density at radius 3 is 2.40 bits per heavy atom. The number of carbonyl (C=O) groups excluding carboxylic acids is 2. The van der Waals surface area contributed by atoms with Crippen LogP contribution in [-0.4, -0.2) is 23.5 Å². The van der Waals surface area contributed by atoms with E-state index in [1.807, 2.05) is 50.2 Å². The summed E-state index contributed by atoms with van der Waals surface area (Å²) in [5.74, 6) is 0.624. The number of rotatable bonds is 6. The van der Waals surface area contributed by atoms with Crippen LogP contribution in [-0.2, 0) is 11.2 Å². The lowest BCUT2D eigenvalue weighted by Gasteiger charge is -2.16. The minimum Gasteiger partial charge on any atom is -0.497 e. The van der Waals surface area contributed by atoms with Crippen molar-refractivity contribution in [3.05, 3.63) is 93.6 Å². The normalized spacial score (nSPS) is 11.2. The molecular weight excluding hydrogens is 460 g/mol. The van der Waals surface area contributed by atoms with Gasteiger partial charge in [-0.25, -0.2) is 0 Å². The maximum atomic E-state index is 13.5. The number of benzene rings is 3. The number of aromatic nitrogens is 1. The van der Waals surface area contributed by atoms with E-state index in [4.69, 9.17) is 16.3 Å². The van der Waals surface area contributed by atoms with Gasteiger partial charge in [0, 0.05) is 27.4 Å². The number of hydrogen-bond acceptors (Lipinski definition) is 3. The maximum Gasteiger partial charge on any atom is 0.262 e. The molecule has 0 aliphatic carbocycles. The van der Waals surface area contributed by atoms with Gasteiger partial charge in [0.2, 0.25) is 5.91 Å². The predicted molar refractivity (Wildman–Crippen MR) is 142 cm³/mol.